The van der Waals surface area contributed by atoms with Gasteiger partial charge in [0, 0.05) is 26.2 Å². The Hall–Kier alpha value is -2.24. The van der Waals surface area contributed by atoms with Crippen LogP contribution in [0.3, 0.4) is 0 Å². The summed E-state index contributed by atoms with van der Waals surface area (Å²) in [5.74, 6) is -0.141. The van der Waals surface area contributed by atoms with E-state index in [0.29, 0.717) is 11.1 Å². The minimum absolute atomic E-state index is 0.141. The average molecular weight is 385 g/mol. The smallest absolute Gasteiger partial charge is 0.216 e. The highest BCUT2D eigenvalue weighted by atomic mass is 32.2. The molecule has 0 saturated carbocycles. The molecular formula is C20H23N3O3S. The third-order valence-electron chi connectivity index (χ3n) is 4.44. The Kier molecular flexibility index (Phi) is 6.58. The fraction of sp³-hybridized carbons (Fsp3) is 0.350. The van der Waals surface area contributed by atoms with Gasteiger partial charge in [0.15, 0.2) is 0 Å². The molecule has 0 amide bonds. The van der Waals surface area contributed by atoms with Crippen molar-refractivity contribution in [2.45, 2.75) is 18.8 Å². The maximum absolute atomic E-state index is 12.3. The van der Waals surface area contributed by atoms with E-state index in [1.807, 2.05) is 30.3 Å². The maximum Gasteiger partial charge on any atom is 0.216 e. The molecule has 1 N–H and O–H groups in total. The van der Waals surface area contributed by atoms with Gasteiger partial charge in [-0.25, -0.2) is 13.1 Å². The number of rotatable bonds is 7. The molecule has 0 bridgehead atoms. The Labute approximate surface area is 160 Å². The highest BCUT2D eigenvalue weighted by Crippen LogP contribution is 2.11. The van der Waals surface area contributed by atoms with Crippen LogP contribution in [-0.2, 0) is 33.6 Å². The fourth-order valence-electron chi connectivity index (χ4n) is 2.97. The summed E-state index contributed by atoms with van der Waals surface area (Å²) in [6.45, 7) is 4.56. The molecule has 1 fully saturated rings. The van der Waals surface area contributed by atoms with Crippen molar-refractivity contribution in [3.63, 3.8) is 0 Å². The number of benzene rings is 2. The van der Waals surface area contributed by atoms with Crippen LogP contribution >= 0.6 is 0 Å². The number of nitriles is 1. The maximum atomic E-state index is 12.3. The summed E-state index contributed by atoms with van der Waals surface area (Å²) in [6.07, 6.45) is 0. The lowest BCUT2D eigenvalue weighted by atomic mass is 10.1. The number of nitrogens with one attached hydrogen (secondary N) is 1. The molecule has 2 aromatic carbocycles. The summed E-state index contributed by atoms with van der Waals surface area (Å²) in [5.41, 5.74) is 3.17. The largest absolute Gasteiger partial charge is 0.379 e. The second-order valence-corrected chi connectivity index (χ2v) is 8.40. The van der Waals surface area contributed by atoms with E-state index in [1.54, 1.807) is 24.3 Å². The third kappa shape index (κ3) is 6.15. The van der Waals surface area contributed by atoms with Crippen molar-refractivity contribution in [3.8, 4) is 6.07 Å². The van der Waals surface area contributed by atoms with Gasteiger partial charge in [-0.15, -0.1) is 0 Å². The topological polar surface area (TPSA) is 82.4 Å². The van der Waals surface area contributed by atoms with Crippen LogP contribution < -0.4 is 4.72 Å². The van der Waals surface area contributed by atoms with E-state index in [4.69, 9.17) is 10.00 Å². The Bertz CT molecular complexity index is 899. The molecule has 0 aliphatic carbocycles. The van der Waals surface area contributed by atoms with Crippen LogP contribution in [0.1, 0.15) is 22.3 Å². The van der Waals surface area contributed by atoms with Crippen molar-refractivity contribution in [3.05, 3.63) is 70.8 Å². The number of hydrogen-bond donors (Lipinski definition) is 1. The first-order valence-corrected chi connectivity index (χ1v) is 10.5. The van der Waals surface area contributed by atoms with Gasteiger partial charge in [-0.1, -0.05) is 36.4 Å². The first-order valence-electron chi connectivity index (χ1n) is 8.88. The number of sulfonamides is 1. The zero-order valence-electron chi connectivity index (χ0n) is 15.1. The molecule has 1 aliphatic heterocycles. The van der Waals surface area contributed by atoms with Crippen LogP contribution in [0, 0.1) is 11.3 Å². The molecule has 3 rings (SSSR count). The average Bonchev–Trinajstić information content (AvgIpc) is 2.68. The van der Waals surface area contributed by atoms with Crippen molar-refractivity contribution in [1.82, 2.24) is 9.62 Å². The van der Waals surface area contributed by atoms with E-state index in [2.05, 4.69) is 9.62 Å². The lowest BCUT2D eigenvalue weighted by Gasteiger charge is -2.26. The van der Waals surface area contributed by atoms with Crippen LogP contribution in [0.25, 0.3) is 0 Å². The van der Waals surface area contributed by atoms with E-state index >= 15 is 0 Å². The first-order chi connectivity index (χ1) is 13.0. The standard InChI is InChI=1S/C20H23N3O3S/c21-13-19-2-1-3-20(12-19)16-27(24,25)22-14-17-4-6-18(7-5-17)15-23-8-10-26-11-9-23/h1-7,12,22H,8-11,14-16H2. The molecule has 1 aliphatic rings. The summed E-state index contributed by atoms with van der Waals surface area (Å²) in [6, 6.07) is 16.7. The lowest BCUT2D eigenvalue weighted by molar-refractivity contribution is 0.0342. The Morgan fingerprint density at radius 2 is 1.74 bits per heavy atom. The van der Waals surface area contributed by atoms with Gasteiger partial charge in [-0.2, -0.15) is 5.26 Å². The highest BCUT2D eigenvalue weighted by Gasteiger charge is 2.13. The summed E-state index contributed by atoms with van der Waals surface area (Å²) < 4.78 is 32.6. The molecule has 7 heteroatoms. The van der Waals surface area contributed by atoms with Gasteiger partial charge in [0.2, 0.25) is 10.0 Å². The fourth-order valence-corrected chi connectivity index (χ4v) is 4.08. The van der Waals surface area contributed by atoms with E-state index in [-0.39, 0.29) is 12.3 Å². The SMILES string of the molecule is N#Cc1cccc(CS(=O)(=O)NCc2ccc(CN3CCOCC3)cc2)c1. The molecule has 27 heavy (non-hydrogen) atoms. The monoisotopic (exact) mass is 385 g/mol. The van der Waals surface area contributed by atoms with Gasteiger partial charge in [-0.05, 0) is 28.8 Å². The minimum atomic E-state index is -3.47. The van der Waals surface area contributed by atoms with Crippen molar-refractivity contribution < 1.29 is 13.2 Å². The second-order valence-electron chi connectivity index (χ2n) is 6.60. The molecule has 1 saturated heterocycles. The van der Waals surface area contributed by atoms with Gasteiger partial charge in [0.25, 0.3) is 0 Å². The Balaban J connectivity index is 1.53. The van der Waals surface area contributed by atoms with Gasteiger partial charge in [0.1, 0.15) is 0 Å². The molecule has 0 spiro atoms. The lowest BCUT2D eigenvalue weighted by Crippen LogP contribution is -2.35. The van der Waals surface area contributed by atoms with Crippen LogP contribution in [0.5, 0.6) is 0 Å². The molecule has 2 aromatic rings. The predicted molar refractivity (Wildman–Crippen MR) is 103 cm³/mol. The van der Waals surface area contributed by atoms with Crippen LogP contribution in [0.4, 0.5) is 0 Å². The quantitative estimate of drug-likeness (QED) is 0.788. The number of morpholine rings is 1. The molecule has 1 heterocycles. The second kappa shape index (κ2) is 9.11. The molecule has 0 atom stereocenters. The van der Waals surface area contributed by atoms with Crippen LogP contribution in [0.2, 0.25) is 0 Å². The summed E-state index contributed by atoms with van der Waals surface area (Å²) >= 11 is 0. The predicted octanol–water partition coefficient (Wildman–Crippen LogP) is 2.01. The van der Waals surface area contributed by atoms with Gasteiger partial charge >= 0.3 is 0 Å². The number of ether oxygens (including phenoxy) is 1. The minimum Gasteiger partial charge on any atom is -0.379 e. The molecule has 0 radical (unpaired) electrons. The van der Waals surface area contributed by atoms with E-state index < -0.39 is 10.0 Å². The zero-order chi connectivity index (χ0) is 19.1. The summed E-state index contributed by atoms with van der Waals surface area (Å²) in [5, 5.41) is 8.91. The van der Waals surface area contributed by atoms with Gasteiger partial charge in [0.05, 0.1) is 30.6 Å². The molecule has 6 nitrogen and oxygen atoms in total. The van der Waals surface area contributed by atoms with E-state index in [0.717, 1.165) is 38.4 Å². The number of hydrogen-bond acceptors (Lipinski definition) is 5. The Morgan fingerprint density at radius 3 is 2.44 bits per heavy atom. The van der Waals surface area contributed by atoms with Gasteiger partial charge < -0.3 is 4.74 Å². The van der Waals surface area contributed by atoms with E-state index in [1.165, 1.54) is 5.56 Å². The number of nitrogens with zero attached hydrogens (tertiary/aromatic N) is 2. The molecule has 0 unspecified atom stereocenters. The van der Waals surface area contributed by atoms with Crippen molar-refractivity contribution in [1.29, 1.82) is 5.26 Å². The summed E-state index contributed by atoms with van der Waals surface area (Å²) in [4.78, 5) is 2.34. The first kappa shape index (κ1) is 19.5. The van der Waals surface area contributed by atoms with Crippen molar-refractivity contribution in [2.24, 2.45) is 0 Å². The van der Waals surface area contributed by atoms with Crippen LogP contribution in [-0.4, -0.2) is 39.6 Å². The third-order valence-corrected chi connectivity index (χ3v) is 5.74. The molecular weight excluding hydrogens is 362 g/mol. The highest BCUT2D eigenvalue weighted by molar-refractivity contribution is 7.88. The molecule has 0 aromatic heterocycles. The normalized spacial score (nSPS) is 15.4. The molecule has 142 valence electrons. The van der Waals surface area contributed by atoms with E-state index in [9.17, 15) is 8.42 Å². The summed E-state index contributed by atoms with van der Waals surface area (Å²) in [7, 11) is -3.47. The zero-order valence-corrected chi connectivity index (χ0v) is 15.9. The van der Waals surface area contributed by atoms with Crippen molar-refractivity contribution in [2.75, 3.05) is 26.3 Å². The van der Waals surface area contributed by atoms with Gasteiger partial charge in [-0.3, -0.25) is 4.90 Å². The van der Waals surface area contributed by atoms with Crippen molar-refractivity contribution >= 4 is 10.0 Å². The Morgan fingerprint density at radius 1 is 1.04 bits per heavy atom. The van der Waals surface area contributed by atoms with Crippen LogP contribution in [0.15, 0.2) is 48.5 Å².